The van der Waals surface area contributed by atoms with Crippen LogP contribution in [0.25, 0.3) is 0 Å². The first kappa shape index (κ1) is 15.1. The average Bonchev–Trinajstić information content (AvgIpc) is 2.31. The maximum atomic E-state index is 4.39. The summed E-state index contributed by atoms with van der Waals surface area (Å²) in [5, 5.41) is 0. The van der Waals surface area contributed by atoms with Crippen molar-refractivity contribution in [1.29, 1.82) is 0 Å². The molecule has 1 nitrogen and oxygen atoms in total. The van der Waals surface area contributed by atoms with E-state index in [0.29, 0.717) is 23.3 Å². The van der Waals surface area contributed by atoms with Gasteiger partial charge in [0.25, 0.3) is 0 Å². The molecule has 0 amide bonds. The molecule has 1 N–H and O–H groups in total. The molecule has 1 heterocycles. The minimum absolute atomic E-state index is 0.115. The van der Waals surface area contributed by atoms with Gasteiger partial charge < -0.3 is 0 Å². The summed E-state index contributed by atoms with van der Waals surface area (Å²) in [5.41, 5.74) is 1.71. The zero-order chi connectivity index (χ0) is 13.4. The molecule has 0 spiro atoms. The van der Waals surface area contributed by atoms with Crippen molar-refractivity contribution >= 4 is 11.9 Å². The van der Waals surface area contributed by atoms with E-state index in [4.69, 9.17) is 0 Å². The second-order valence-corrected chi connectivity index (χ2v) is 7.87. The summed E-state index contributed by atoms with van der Waals surface area (Å²) in [5.74, 6) is 1.22. The first-order chi connectivity index (χ1) is 7.66. The van der Waals surface area contributed by atoms with E-state index in [1.165, 1.54) is 12.0 Å². The maximum absolute atomic E-state index is 4.39. The molecule has 0 radical (unpaired) electrons. The third-order valence-electron chi connectivity index (χ3n) is 5.34. The summed E-state index contributed by atoms with van der Waals surface area (Å²) >= 11 is 1.84. The monoisotopic (exact) mass is 255 g/mol. The van der Waals surface area contributed by atoms with Crippen LogP contribution < -0.4 is 4.72 Å². The first-order valence-electron chi connectivity index (χ1n) is 6.79. The van der Waals surface area contributed by atoms with Crippen molar-refractivity contribution in [2.45, 2.75) is 65.7 Å². The molecule has 1 aliphatic heterocycles. The highest BCUT2D eigenvalue weighted by molar-refractivity contribution is 7.99. The molecule has 1 saturated heterocycles. The molecule has 17 heavy (non-hydrogen) atoms. The fraction of sp³-hybridized carbons (Fsp3) is 0.867. The zero-order valence-electron chi connectivity index (χ0n) is 12.6. The lowest BCUT2D eigenvalue weighted by molar-refractivity contribution is 0.102. The molecule has 0 aromatic rings. The van der Waals surface area contributed by atoms with E-state index in [-0.39, 0.29) is 4.75 Å². The summed E-state index contributed by atoms with van der Waals surface area (Å²) < 4.78 is 3.74. The molecule has 100 valence electrons. The molecule has 0 aliphatic carbocycles. The van der Waals surface area contributed by atoms with Crippen LogP contribution in [-0.2, 0) is 0 Å². The Morgan fingerprint density at radius 2 is 1.76 bits per heavy atom. The molecule has 1 fully saturated rings. The minimum Gasteiger partial charge on any atom is -0.260 e. The standard InChI is InChI=1S/C15H29NS/c1-9-15(8)11(3)10(2)14(6,7)17-16-13(5)12(15)4/h11-13,16H,2,9H2,1,3-8H3. The summed E-state index contributed by atoms with van der Waals surface area (Å²) in [6.45, 7) is 20.7. The van der Waals surface area contributed by atoms with Gasteiger partial charge >= 0.3 is 0 Å². The Balaban J connectivity index is 3.15. The Morgan fingerprint density at radius 3 is 2.24 bits per heavy atom. The van der Waals surface area contributed by atoms with Crippen molar-refractivity contribution in [3.8, 4) is 0 Å². The van der Waals surface area contributed by atoms with Crippen molar-refractivity contribution in [2.24, 2.45) is 17.3 Å². The van der Waals surface area contributed by atoms with Gasteiger partial charge in [0.05, 0.1) is 0 Å². The zero-order valence-corrected chi connectivity index (χ0v) is 13.4. The Bertz CT molecular complexity index is 297. The topological polar surface area (TPSA) is 12.0 Å². The lowest BCUT2D eigenvalue weighted by Gasteiger charge is -2.49. The van der Waals surface area contributed by atoms with Crippen molar-refractivity contribution in [1.82, 2.24) is 4.72 Å². The Kier molecular flexibility index (Phi) is 4.42. The third kappa shape index (κ3) is 2.58. The van der Waals surface area contributed by atoms with Crippen molar-refractivity contribution < 1.29 is 0 Å². The highest BCUT2D eigenvalue weighted by Crippen LogP contribution is 2.50. The summed E-state index contributed by atoms with van der Waals surface area (Å²) in [7, 11) is 0. The Labute approximate surface area is 112 Å². The van der Waals surface area contributed by atoms with Gasteiger partial charge in [-0.3, -0.25) is 4.72 Å². The molecule has 1 aliphatic rings. The van der Waals surface area contributed by atoms with Gasteiger partial charge in [0.2, 0.25) is 0 Å². The molecule has 4 unspecified atom stereocenters. The van der Waals surface area contributed by atoms with E-state index in [2.05, 4.69) is 59.8 Å². The smallest absolute Gasteiger partial charge is 0.0457 e. The fourth-order valence-corrected chi connectivity index (χ4v) is 3.91. The number of rotatable bonds is 1. The third-order valence-corrected chi connectivity index (χ3v) is 6.60. The summed E-state index contributed by atoms with van der Waals surface area (Å²) in [6, 6.07) is 0.541. The average molecular weight is 255 g/mol. The van der Waals surface area contributed by atoms with Crippen molar-refractivity contribution in [3.63, 3.8) is 0 Å². The van der Waals surface area contributed by atoms with Crippen LogP contribution in [0.3, 0.4) is 0 Å². The van der Waals surface area contributed by atoms with Crippen LogP contribution in [0.1, 0.15) is 54.9 Å². The second kappa shape index (κ2) is 4.97. The van der Waals surface area contributed by atoms with Crippen LogP contribution in [-0.4, -0.2) is 10.8 Å². The van der Waals surface area contributed by atoms with E-state index in [9.17, 15) is 0 Å². The molecular formula is C15H29NS. The van der Waals surface area contributed by atoms with E-state index in [0.717, 1.165) is 0 Å². The fourth-order valence-electron chi connectivity index (χ4n) is 2.92. The summed E-state index contributed by atoms with van der Waals surface area (Å²) in [4.78, 5) is 0. The van der Waals surface area contributed by atoms with Gasteiger partial charge in [-0.2, -0.15) is 0 Å². The number of hydrogen-bond acceptors (Lipinski definition) is 2. The highest BCUT2D eigenvalue weighted by Gasteiger charge is 2.44. The van der Waals surface area contributed by atoms with Gasteiger partial charge in [-0.15, -0.1) is 0 Å². The predicted molar refractivity (Wildman–Crippen MR) is 80.1 cm³/mol. The van der Waals surface area contributed by atoms with Gasteiger partial charge in [0, 0.05) is 10.8 Å². The molecule has 0 aromatic carbocycles. The van der Waals surface area contributed by atoms with Crippen molar-refractivity contribution in [2.75, 3.05) is 0 Å². The molecule has 1 rings (SSSR count). The largest absolute Gasteiger partial charge is 0.260 e. The molecule has 0 saturated carbocycles. The Morgan fingerprint density at radius 1 is 1.24 bits per heavy atom. The predicted octanol–water partition coefficient (Wildman–Crippen LogP) is 4.65. The van der Waals surface area contributed by atoms with Crippen LogP contribution >= 0.6 is 11.9 Å². The van der Waals surface area contributed by atoms with Crippen LogP contribution in [0.4, 0.5) is 0 Å². The van der Waals surface area contributed by atoms with Crippen LogP contribution in [0.15, 0.2) is 12.2 Å². The summed E-state index contributed by atoms with van der Waals surface area (Å²) in [6.07, 6.45) is 1.21. The van der Waals surface area contributed by atoms with Gasteiger partial charge in [-0.05, 0) is 44.4 Å². The lowest BCUT2D eigenvalue weighted by Crippen LogP contribution is -2.48. The maximum Gasteiger partial charge on any atom is 0.0457 e. The molecule has 0 bridgehead atoms. The molecule has 2 heteroatoms. The van der Waals surface area contributed by atoms with Gasteiger partial charge in [-0.1, -0.05) is 51.8 Å². The first-order valence-corrected chi connectivity index (χ1v) is 7.61. The van der Waals surface area contributed by atoms with Crippen molar-refractivity contribution in [3.05, 3.63) is 12.2 Å². The molecular weight excluding hydrogens is 226 g/mol. The van der Waals surface area contributed by atoms with Crippen LogP contribution in [0.5, 0.6) is 0 Å². The van der Waals surface area contributed by atoms with E-state index in [1.54, 1.807) is 0 Å². The molecule has 0 aromatic heterocycles. The highest BCUT2D eigenvalue weighted by atomic mass is 32.2. The second-order valence-electron chi connectivity index (χ2n) is 6.41. The van der Waals surface area contributed by atoms with Crippen LogP contribution in [0.2, 0.25) is 0 Å². The number of hydrogen-bond donors (Lipinski definition) is 1. The van der Waals surface area contributed by atoms with E-state index >= 15 is 0 Å². The van der Waals surface area contributed by atoms with E-state index in [1.807, 2.05) is 11.9 Å². The SMILES string of the molecule is C=C1C(C)C(C)(CC)C(C)C(C)NSC1(C)C. The van der Waals surface area contributed by atoms with E-state index < -0.39 is 0 Å². The Hall–Kier alpha value is 0.0500. The lowest BCUT2D eigenvalue weighted by atomic mass is 9.62. The normalized spacial score (nSPS) is 43.0. The quantitative estimate of drug-likeness (QED) is 0.541. The van der Waals surface area contributed by atoms with Gasteiger partial charge in [0.1, 0.15) is 0 Å². The minimum atomic E-state index is 0.115. The van der Waals surface area contributed by atoms with Gasteiger partial charge in [-0.25, -0.2) is 0 Å². The molecule has 4 atom stereocenters. The van der Waals surface area contributed by atoms with Crippen LogP contribution in [0, 0.1) is 17.3 Å². The van der Waals surface area contributed by atoms with Gasteiger partial charge in [0.15, 0.2) is 0 Å². The number of nitrogens with one attached hydrogen (secondary N) is 1.